The molecule has 0 radical (unpaired) electrons. The molecule has 0 spiro atoms. The topological polar surface area (TPSA) is 59.6 Å². The second kappa shape index (κ2) is 7.48. The van der Waals surface area contributed by atoms with Crippen LogP contribution < -0.4 is 10.6 Å². The van der Waals surface area contributed by atoms with Crippen molar-refractivity contribution in [2.24, 2.45) is 0 Å². The van der Waals surface area contributed by atoms with Crippen LogP contribution in [-0.4, -0.2) is 45.5 Å². The fraction of sp³-hybridized carbons (Fsp3) is 0.900. The van der Waals surface area contributed by atoms with Gasteiger partial charge in [0.1, 0.15) is 0 Å². The Morgan fingerprint density at radius 3 is 2.93 bits per heavy atom. The van der Waals surface area contributed by atoms with Crippen LogP contribution in [-0.2, 0) is 9.47 Å². The molecule has 1 heterocycles. The molecule has 1 fully saturated rings. The molecule has 0 aliphatic carbocycles. The quantitative estimate of drug-likeness (QED) is 0.636. The fourth-order valence-electron chi connectivity index (χ4n) is 1.55. The summed E-state index contributed by atoms with van der Waals surface area (Å²) in [4.78, 5) is 11.2. The monoisotopic (exact) mass is 216 g/mol. The number of urea groups is 1. The first-order valence-corrected chi connectivity index (χ1v) is 5.45. The van der Waals surface area contributed by atoms with E-state index in [4.69, 9.17) is 9.47 Å². The van der Waals surface area contributed by atoms with Gasteiger partial charge >= 0.3 is 6.03 Å². The lowest BCUT2D eigenvalue weighted by Crippen LogP contribution is -2.38. The van der Waals surface area contributed by atoms with Crippen molar-refractivity contribution in [2.45, 2.75) is 25.4 Å². The number of amides is 2. The van der Waals surface area contributed by atoms with Gasteiger partial charge in [-0.3, -0.25) is 0 Å². The summed E-state index contributed by atoms with van der Waals surface area (Å²) < 4.78 is 10.3. The van der Waals surface area contributed by atoms with E-state index in [9.17, 15) is 4.79 Å². The van der Waals surface area contributed by atoms with Crippen LogP contribution in [0.25, 0.3) is 0 Å². The van der Waals surface area contributed by atoms with Gasteiger partial charge in [-0.05, 0) is 19.3 Å². The van der Waals surface area contributed by atoms with Crippen molar-refractivity contribution in [1.82, 2.24) is 10.6 Å². The van der Waals surface area contributed by atoms with Crippen molar-refractivity contribution in [3.05, 3.63) is 0 Å². The van der Waals surface area contributed by atoms with Gasteiger partial charge in [0.25, 0.3) is 0 Å². The van der Waals surface area contributed by atoms with E-state index in [0.29, 0.717) is 25.8 Å². The lowest BCUT2D eigenvalue weighted by molar-refractivity contribution is 0.104. The van der Waals surface area contributed by atoms with Gasteiger partial charge in [0.2, 0.25) is 0 Å². The summed E-state index contributed by atoms with van der Waals surface area (Å²) in [6.07, 6.45) is 3.50. The number of hydrogen-bond acceptors (Lipinski definition) is 3. The molecule has 0 aromatic heterocycles. The molecule has 2 amide bonds. The molecule has 0 aromatic carbocycles. The normalized spacial score (nSPS) is 20.2. The minimum atomic E-state index is -0.134. The number of carbonyl (C=O) groups excluding carboxylic acids is 1. The molecule has 0 bridgehead atoms. The molecule has 1 aliphatic heterocycles. The van der Waals surface area contributed by atoms with Gasteiger partial charge in [-0.25, -0.2) is 4.79 Å². The number of hydrogen-bond donors (Lipinski definition) is 2. The summed E-state index contributed by atoms with van der Waals surface area (Å²) in [5.74, 6) is 0. The van der Waals surface area contributed by atoms with Gasteiger partial charge < -0.3 is 20.1 Å². The highest BCUT2D eigenvalue weighted by molar-refractivity contribution is 5.73. The number of ether oxygens (including phenoxy) is 2. The predicted octanol–water partition coefficient (Wildman–Crippen LogP) is 0.501. The maximum Gasteiger partial charge on any atom is 0.314 e. The zero-order chi connectivity index (χ0) is 10.9. The molecule has 1 unspecified atom stereocenters. The van der Waals surface area contributed by atoms with E-state index in [1.54, 1.807) is 7.11 Å². The smallest absolute Gasteiger partial charge is 0.314 e. The second-order valence-corrected chi connectivity index (χ2v) is 3.60. The van der Waals surface area contributed by atoms with Crippen molar-refractivity contribution in [2.75, 3.05) is 33.4 Å². The highest BCUT2D eigenvalue weighted by Crippen LogP contribution is 2.14. The summed E-state index contributed by atoms with van der Waals surface area (Å²) in [5.41, 5.74) is 0. The van der Waals surface area contributed by atoms with Gasteiger partial charge in [-0.2, -0.15) is 0 Å². The molecule has 0 saturated carbocycles. The van der Waals surface area contributed by atoms with Crippen LogP contribution in [0.3, 0.4) is 0 Å². The molecular weight excluding hydrogens is 196 g/mol. The Labute approximate surface area is 90.5 Å². The molecule has 15 heavy (non-hydrogen) atoms. The molecule has 5 heteroatoms. The average Bonchev–Trinajstić information content (AvgIpc) is 2.71. The Morgan fingerprint density at radius 1 is 1.47 bits per heavy atom. The van der Waals surface area contributed by atoms with E-state index in [0.717, 1.165) is 25.9 Å². The molecule has 1 rings (SSSR count). The summed E-state index contributed by atoms with van der Waals surface area (Å²) in [7, 11) is 1.61. The Hall–Kier alpha value is -0.810. The summed E-state index contributed by atoms with van der Waals surface area (Å²) in [5, 5.41) is 5.48. The Kier molecular flexibility index (Phi) is 6.11. The van der Waals surface area contributed by atoms with Crippen molar-refractivity contribution in [3.63, 3.8) is 0 Å². The van der Waals surface area contributed by atoms with Gasteiger partial charge in [-0.1, -0.05) is 0 Å². The first-order chi connectivity index (χ1) is 7.33. The van der Waals surface area contributed by atoms with Crippen LogP contribution in [0.5, 0.6) is 0 Å². The highest BCUT2D eigenvalue weighted by Gasteiger charge is 2.14. The first-order valence-electron chi connectivity index (χ1n) is 5.45. The van der Waals surface area contributed by atoms with Crippen LogP contribution in [0, 0.1) is 0 Å². The molecular formula is C10H20N2O3. The van der Waals surface area contributed by atoms with E-state index >= 15 is 0 Å². The summed E-state index contributed by atoms with van der Waals surface area (Å²) >= 11 is 0. The lowest BCUT2D eigenvalue weighted by Gasteiger charge is -2.10. The van der Waals surface area contributed by atoms with Gasteiger partial charge in [0, 0.05) is 26.8 Å². The number of carbonyl (C=O) groups is 1. The van der Waals surface area contributed by atoms with Crippen molar-refractivity contribution < 1.29 is 14.3 Å². The third kappa shape index (κ3) is 5.59. The second-order valence-electron chi connectivity index (χ2n) is 3.60. The van der Waals surface area contributed by atoms with Gasteiger partial charge in [0.15, 0.2) is 0 Å². The Bertz CT molecular complexity index is 182. The molecule has 1 saturated heterocycles. The van der Waals surface area contributed by atoms with Crippen LogP contribution in [0.15, 0.2) is 0 Å². The largest absolute Gasteiger partial charge is 0.383 e. The highest BCUT2D eigenvalue weighted by atomic mass is 16.5. The third-order valence-electron chi connectivity index (χ3n) is 2.37. The first kappa shape index (κ1) is 12.3. The van der Waals surface area contributed by atoms with E-state index in [-0.39, 0.29) is 6.03 Å². The number of methoxy groups -OCH3 is 1. The zero-order valence-corrected chi connectivity index (χ0v) is 9.25. The van der Waals surface area contributed by atoms with E-state index in [1.165, 1.54) is 0 Å². The van der Waals surface area contributed by atoms with Crippen molar-refractivity contribution >= 4 is 6.03 Å². The minimum absolute atomic E-state index is 0.134. The maximum atomic E-state index is 11.2. The Balaban J connectivity index is 1.91. The lowest BCUT2D eigenvalue weighted by atomic mass is 10.2. The maximum absolute atomic E-state index is 11.2. The SMILES string of the molecule is COCCNC(=O)NCCC1CCCO1. The third-order valence-corrected chi connectivity index (χ3v) is 2.37. The van der Waals surface area contributed by atoms with Crippen LogP contribution in [0.2, 0.25) is 0 Å². The summed E-state index contributed by atoms with van der Waals surface area (Å²) in [6, 6.07) is -0.134. The minimum Gasteiger partial charge on any atom is -0.383 e. The molecule has 1 aliphatic rings. The van der Waals surface area contributed by atoms with E-state index < -0.39 is 0 Å². The standard InChI is InChI=1S/C10H20N2O3/c1-14-8-6-12-10(13)11-5-4-9-3-2-7-15-9/h9H,2-8H2,1H3,(H2,11,12,13). The number of rotatable bonds is 6. The molecule has 88 valence electrons. The van der Waals surface area contributed by atoms with Crippen LogP contribution in [0.1, 0.15) is 19.3 Å². The average molecular weight is 216 g/mol. The predicted molar refractivity (Wildman–Crippen MR) is 56.9 cm³/mol. The van der Waals surface area contributed by atoms with Gasteiger partial charge in [0.05, 0.1) is 12.7 Å². The van der Waals surface area contributed by atoms with Crippen molar-refractivity contribution in [3.8, 4) is 0 Å². The Morgan fingerprint density at radius 2 is 2.27 bits per heavy atom. The van der Waals surface area contributed by atoms with Gasteiger partial charge in [-0.15, -0.1) is 0 Å². The van der Waals surface area contributed by atoms with Crippen LogP contribution in [0.4, 0.5) is 4.79 Å². The van der Waals surface area contributed by atoms with Crippen LogP contribution >= 0.6 is 0 Å². The fourth-order valence-corrected chi connectivity index (χ4v) is 1.55. The molecule has 0 aromatic rings. The molecule has 1 atom stereocenters. The molecule has 2 N–H and O–H groups in total. The van der Waals surface area contributed by atoms with E-state index in [2.05, 4.69) is 10.6 Å². The number of nitrogens with one attached hydrogen (secondary N) is 2. The summed E-state index contributed by atoms with van der Waals surface area (Å²) in [6.45, 7) is 2.62. The van der Waals surface area contributed by atoms with Crippen molar-refractivity contribution in [1.29, 1.82) is 0 Å². The zero-order valence-electron chi connectivity index (χ0n) is 9.25. The molecule has 5 nitrogen and oxygen atoms in total. The van der Waals surface area contributed by atoms with E-state index in [1.807, 2.05) is 0 Å².